The van der Waals surface area contributed by atoms with E-state index in [1.807, 2.05) is 0 Å². The van der Waals surface area contributed by atoms with E-state index in [1.165, 1.54) is 24.5 Å². The lowest BCUT2D eigenvalue weighted by atomic mass is 10.0. The van der Waals surface area contributed by atoms with E-state index in [2.05, 4.69) is 20.9 Å². The van der Waals surface area contributed by atoms with Gasteiger partial charge in [0.2, 0.25) is 0 Å². The second kappa shape index (κ2) is 10.2. The highest BCUT2D eigenvalue weighted by Crippen LogP contribution is 2.27. The van der Waals surface area contributed by atoms with E-state index in [9.17, 15) is 14.0 Å². The van der Waals surface area contributed by atoms with Crippen LogP contribution in [-0.4, -0.2) is 51.4 Å². The summed E-state index contributed by atoms with van der Waals surface area (Å²) in [5.41, 5.74) is 1.75. The molecule has 11 heteroatoms. The summed E-state index contributed by atoms with van der Waals surface area (Å²) in [5.74, 6) is -0.252. The number of nitrogens with zero attached hydrogens (tertiary/aromatic N) is 5. The molecule has 1 aliphatic rings. The van der Waals surface area contributed by atoms with E-state index in [4.69, 9.17) is 28.5 Å². The topological polar surface area (TPSA) is 97.5 Å². The van der Waals surface area contributed by atoms with Crippen molar-refractivity contribution in [3.63, 3.8) is 0 Å². The molecule has 0 unspecified atom stereocenters. The molecule has 37 heavy (non-hydrogen) atoms. The van der Waals surface area contributed by atoms with Gasteiger partial charge in [-0.2, -0.15) is 5.26 Å². The fraction of sp³-hybridized carbons (Fsp3) is 0.231. The molecule has 1 amide bonds. The van der Waals surface area contributed by atoms with Crippen molar-refractivity contribution in [2.75, 3.05) is 31.1 Å². The van der Waals surface area contributed by atoms with Gasteiger partial charge in [-0.3, -0.25) is 14.0 Å². The van der Waals surface area contributed by atoms with Crippen LogP contribution in [0.3, 0.4) is 0 Å². The zero-order chi connectivity index (χ0) is 26.1. The SMILES string of the molecule is N#Cc1ccc(N2CCCN(C(=O)c3cc(Cc4c[nH]c(=O)c5cc(Cl)c(Cl)n45)ccc3F)CC2)nc1. The Balaban J connectivity index is 1.36. The van der Waals surface area contributed by atoms with Crippen molar-refractivity contribution in [2.24, 2.45) is 0 Å². The highest BCUT2D eigenvalue weighted by Gasteiger charge is 2.24. The first kappa shape index (κ1) is 24.8. The third-order valence-corrected chi connectivity index (χ3v) is 7.18. The molecule has 1 aromatic carbocycles. The first-order chi connectivity index (χ1) is 17.9. The predicted octanol–water partition coefficient (Wildman–Crippen LogP) is 4.28. The van der Waals surface area contributed by atoms with Gasteiger partial charge in [0.15, 0.2) is 0 Å². The minimum Gasteiger partial charge on any atom is -0.355 e. The van der Waals surface area contributed by atoms with Gasteiger partial charge in [0.25, 0.3) is 11.5 Å². The van der Waals surface area contributed by atoms with E-state index in [0.29, 0.717) is 54.9 Å². The molecule has 3 aromatic heterocycles. The Hall–Kier alpha value is -3.87. The molecule has 0 radical (unpaired) electrons. The van der Waals surface area contributed by atoms with Crippen LogP contribution >= 0.6 is 23.2 Å². The monoisotopic (exact) mass is 538 g/mol. The number of amides is 1. The fourth-order valence-corrected chi connectivity index (χ4v) is 4.98. The molecule has 1 aliphatic heterocycles. The van der Waals surface area contributed by atoms with Crippen molar-refractivity contribution in [1.82, 2.24) is 19.3 Å². The highest BCUT2D eigenvalue weighted by atomic mass is 35.5. The Morgan fingerprint density at radius 1 is 1.14 bits per heavy atom. The molecule has 0 saturated carbocycles. The molecule has 8 nitrogen and oxygen atoms in total. The quantitative estimate of drug-likeness (QED) is 0.418. The van der Waals surface area contributed by atoms with Gasteiger partial charge < -0.3 is 14.8 Å². The lowest BCUT2D eigenvalue weighted by Crippen LogP contribution is -2.35. The number of benzene rings is 1. The molecular formula is C26H21Cl2FN6O2. The molecule has 5 rings (SSSR count). The molecule has 1 fully saturated rings. The van der Waals surface area contributed by atoms with Crippen molar-refractivity contribution in [3.8, 4) is 6.07 Å². The summed E-state index contributed by atoms with van der Waals surface area (Å²) in [6, 6.07) is 11.5. The van der Waals surface area contributed by atoms with Gasteiger partial charge in [0.05, 0.1) is 16.1 Å². The summed E-state index contributed by atoms with van der Waals surface area (Å²) >= 11 is 12.4. The summed E-state index contributed by atoms with van der Waals surface area (Å²) in [7, 11) is 0. The molecule has 0 spiro atoms. The number of rotatable bonds is 4. The maximum absolute atomic E-state index is 14.8. The van der Waals surface area contributed by atoms with Crippen molar-refractivity contribution < 1.29 is 9.18 Å². The van der Waals surface area contributed by atoms with E-state index >= 15 is 0 Å². The number of hydrogen-bond donors (Lipinski definition) is 1. The number of carbonyl (C=O) groups excluding carboxylic acids is 1. The number of hydrogen-bond acceptors (Lipinski definition) is 5. The normalized spacial score (nSPS) is 14.0. The summed E-state index contributed by atoms with van der Waals surface area (Å²) < 4.78 is 16.4. The first-order valence-corrected chi connectivity index (χ1v) is 12.4. The summed E-state index contributed by atoms with van der Waals surface area (Å²) in [6.45, 7) is 2.11. The molecule has 0 bridgehead atoms. The van der Waals surface area contributed by atoms with Gasteiger partial charge in [0, 0.05) is 50.7 Å². The zero-order valence-corrected chi connectivity index (χ0v) is 21.1. The molecule has 0 atom stereocenters. The molecule has 188 valence electrons. The lowest BCUT2D eigenvalue weighted by Gasteiger charge is -2.23. The van der Waals surface area contributed by atoms with Gasteiger partial charge in [-0.1, -0.05) is 29.3 Å². The second-order valence-corrected chi connectivity index (χ2v) is 9.52. The third kappa shape index (κ3) is 4.90. The molecule has 4 aromatic rings. The Morgan fingerprint density at radius 3 is 2.73 bits per heavy atom. The number of aromatic amines is 1. The number of carbonyl (C=O) groups is 1. The van der Waals surface area contributed by atoms with Crippen LogP contribution in [0, 0.1) is 17.1 Å². The number of aromatic nitrogens is 3. The van der Waals surface area contributed by atoms with Crippen LogP contribution in [0.5, 0.6) is 0 Å². The van der Waals surface area contributed by atoms with Gasteiger partial charge in [-0.15, -0.1) is 0 Å². The zero-order valence-electron chi connectivity index (χ0n) is 19.5. The Kier molecular flexibility index (Phi) is 6.87. The van der Waals surface area contributed by atoms with Crippen LogP contribution in [0.4, 0.5) is 10.2 Å². The maximum Gasteiger partial charge on any atom is 0.272 e. The van der Waals surface area contributed by atoms with Crippen molar-refractivity contribution in [2.45, 2.75) is 12.8 Å². The second-order valence-electron chi connectivity index (χ2n) is 8.75. The highest BCUT2D eigenvalue weighted by molar-refractivity contribution is 6.42. The summed E-state index contributed by atoms with van der Waals surface area (Å²) in [4.78, 5) is 36.2. The Labute approximate surface area is 221 Å². The van der Waals surface area contributed by atoms with Crippen molar-refractivity contribution in [1.29, 1.82) is 5.26 Å². The van der Waals surface area contributed by atoms with Gasteiger partial charge in [-0.05, 0) is 42.3 Å². The number of anilines is 1. The average Bonchev–Trinajstić information content (AvgIpc) is 3.07. The summed E-state index contributed by atoms with van der Waals surface area (Å²) in [6.07, 6.45) is 4.03. The standard InChI is InChI=1S/C26H21Cl2FN6O2/c27-20-12-22-25(36)32-15-18(35(22)24(20)28)10-16-2-4-21(29)19(11-16)26(37)34-7-1-6-33(8-9-34)23-5-3-17(13-30)14-31-23/h2-5,11-12,14-15H,1,6-10H2,(H,32,36). The lowest BCUT2D eigenvalue weighted by molar-refractivity contribution is 0.0762. The van der Waals surface area contributed by atoms with Crippen molar-refractivity contribution in [3.05, 3.63) is 97.5 Å². The smallest absolute Gasteiger partial charge is 0.272 e. The van der Waals surface area contributed by atoms with Crippen molar-refractivity contribution >= 4 is 40.4 Å². The first-order valence-electron chi connectivity index (χ1n) is 11.6. The van der Waals surface area contributed by atoms with Crippen LogP contribution in [0.2, 0.25) is 10.2 Å². The molecule has 1 saturated heterocycles. The minimum atomic E-state index is -0.600. The van der Waals surface area contributed by atoms with Gasteiger partial charge in [0.1, 0.15) is 28.4 Å². The number of nitrogens with one attached hydrogen (secondary N) is 1. The average molecular weight is 539 g/mol. The number of pyridine rings is 1. The Bertz CT molecular complexity index is 1590. The Morgan fingerprint density at radius 2 is 1.97 bits per heavy atom. The fourth-order valence-electron chi connectivity index (χ4n) is 4.54. The van der Waals surface area contributed by atoms with E-state index in [0.717, 1.165) is 5.82 Å². The summed E-state index contributed by atoms with van der Waals surface area (Å²) in [5, 5.41) is 9.44. The van der Waals surface area contributed by atoms with Crippen LogP contribution in [0.25, 0.3) is 5.52 Å². The number of halogens is 3. The van der Waals surface area contributed by atoms with E-state index in [1.54, 1.807) is 33.6 Å². The van der Waals surface area contributed by atoms with Crippen LogP contribution in [0.1, 0.15) is 33.6 Å². The van der Waals surface area contributed by atoms with Crippen LogP contribution in [0.15, 0.2) is 53.6 Å². The largest absolute Gasteiger partial charge is 0.355 e. The third-order valence-electron chi connectivity index (χ3n) is 6.42. The molecule has 1 N–H and O–H groups in total. The number of nitriles is 1. The van der Waals surface area contributed by atoms with Crippen LogP contribution in [-0.2, 0) is 6.42 Å². The van der Waals surface area contributed by atoms with Crippen LogP contribution < -0.4 is 10.5 Å². The van der Waals surface area contributed by atoms with Gasteiger partial charge >= 0.3 is 0 Å². The molecule has 4 heterocycles. The van der Waals surface area contributed by atoms with E-state index < -0.39 is 5.82 Å². The van der Waals surface area contributed by atoms with E-state index in [-0.39, 0.29) is 33.6 Å². The molecular weight excluding hydrogens is 518 g/mol. The number of H-pyrrole nitrogens is 1. The maximum atomic E-state index is 14.8. The van der Waals surface area contributed by atoms with Gasteiger partial charge in [-0.25, -0.2) is 9.37 Å². The number of fused-ring (bicyclic) bond motifs is 1. The molecule has 0 aliphatic carbocycles. The minimum absolute atomic E-state index is 0.0141. The predicted molar refractivity (Wildman–Crippen MR) is 139 cm³/mol.